The smallest absolute Gasteiger partial charge is 0.187 e. The van der Waals surface area contributed by atoms with Crippen LogP contribution in [0.4, 0.5) is 0 Å². The molecule has 0 spiro atoms. The molecule has 0 bridgehead atoms. The van der Waals surface area contributed by atoms with Crippen LogP contribution in [-0.4, -0.2) is 17.9 Å². The molecule has 1 aliphatic heterocycles. The number of rotatable bonds is 1. The fourth-order valence-corrected chi connectivity index (χ4v) is 1.47. The summed E-state index contributed by atoms with van der Waals surface area (Å²) in [5, 5.41) is -0.109. The molecule has 1 aromatic rings. The molecular weight excluding hydrogens is 236 g/mol. The Bertz CT molecular complexity index is 338. The average Bonchev–Trinajstić information content (AvgIpc) is 2.17. The lowest BCUT2D eigenvalue weighted by Crippen LogP contribution is -2.23. The van der Waals surface area contributed by atoms with Crippen LogP contribution in [0.5, 0.6) is 11.5 Å². The second kappa shape index (κ2) is 3.38. The van der Waals surface area contributed by atoms with Gasteiger partial charge < -0.3 is 9.47 Å². The predicted octanol–water partition coefficient (Wildman–Crippen LogP) is 1.99. The first-order chi connectivity index (χ1) is 6.29. The topological polar surface area (TPSA) is 35.5 Å². The van der Waals surface area contributed by atoms with E-state index in [1.807, 2.05) is 0 Å². The lowest BCUT2D eigenvalue weighted by Gasteiger charge is -2.22. The van der Waals surface area contributed by atoms with E-state index < -0.39 is 0 Å². The molecule has 13 heavy (non-hydrogen) atoms. The molecule has 1 unspecified atom stereocenters. The van der Waals surface area contributed by atoms with Gasteiger partial charge in [-0.05, 0) is 34.1 Å². The van der Waals surface area contributed by atoms with E-state index in [0.29, 0.717) is 23.7 Å². The summed E-state index contributed by atoms with van der Waals surface area (Å²) in [6.45, 7) is 0.454. The number of benzene rings is 1. The van der Waals surface area contributed by atoms with Gasteiger partial charge in [-0.15, -0.1) is 0 Å². The summed E-state index contributed by atoms with van der Waals surface area (Å²) < 4.78 is 10.8. The van der Waals surface area contributed by atoms with E-state index in [2.05, 4.69) is 15.9 Å². The minimum atomic E-state index is -0.109. The van der Waals surface area contributed by atoms with Gasteiger partial charge in [0.1, 0.15) is 12.9 Å². The number of halogens is 1. The summed E-state index contributed by atoms with van der Waals surface area (Å²) in [5.41, 5.74) is 0.593. The van der Waals surface area contributed by atoms with Crippen molar-refractivity contribution in [1.29, 1.82) is 0 Å². The summed E-state index contributed by atoms with van der Waals surface area (Å²) in [6.07, 6.45) is 0.782. The Balaban J connectivity index is 2.36. The van der Waals surface area contributed by atoms with Crippen LogP contribution in [0.25, 0.3) is 0 Å². The number of hydrogen-bond acceptors (Lipinski definition) is 3. The Morgan fingerprint density at radius 3 is 3.08 bits per heavy atom. The third kappa shape index (κ3) is 1.67. The number of hydrogen-bond donors (Lipinski definition) is 0. The van der Waals surface area contributed by atoms with Crippen molar-refractivity contribution >= 4 is 22.2 Å². The van der Waals surface area contributed by atoms with Gasteiger partial charge in [-0.25, -0.2) is 0 Å². The minimum Gasteiger partial charge on any atom is -0.485 e. The first kappa shape index (κ1) is 8.56. The molecule has 0 N–H and O–H groups in total. The molecule has 1 heterocycles. The molecule has 2 rings (SSSR count). The lowest BCUT2D eigenvalue weighted by molar-refractivity contribution is 0.112. The first-order valence-electron chi connectivity index (χ1n) is 3.82. The largest absolute Gasteiger partial charge is 0.485 e. The van der Waals surface area contributed by atoms with Crippen molar-refractivity contribution in [2.45, 2.75) is 5.01 Å². The van der Waals surface area contributed by atoms with Crippen molar-refractivity contribution in [2.75, 3.05) is 6.61 Å². The van der Waals surface area contributed by atoms with Gasteiger partial charge in [0, 0.05) is 5.56 Å². The van der Waals surface area contributed by atoms with Crippen LogP contribution in [0.3, 0.4) is 0 Å². The van der Waals surface area contributed by atoms with Crippen LogP contribution in [-0.2, 0) is 0 Å². The van der Waals surface area contributed by atoms with Crippen molar-refractivity contribution in [3.05, 3.63) is 23.8 Å². The molecular formula is C9H7BrO3. The Hall–Kier alpha value is -1.03. The monoisotopic (exact) mass is 242 g/mol. The van der Waals surface area contributed by atoms with Crippen LogP contribution in [0.1, 0.15) is 10.4 Å². The van der Waals surface area contributed by atoms with Crippen LogP contribution >= 0.6 is 15.9 Å². The summed E-state index contributed by atoms with van der Waals surface area (Å²) in [5.74, 6) is 1.29. The van der Waals surface area contributed by atoms with Crippen molar-refractivity contribution in [2.24, 2.45) is 0 Å². The van der Waals surface area contributed by atoms with E-state index in [9.17, 15) is 4.79 Å². The molecule has 0 aliphatic carbocycles. The fraction of sp³-hybridized carbons (Fsp3) is 0.222. The molecule has 1 aliphatic rings. The normalized spacial score (nSPS) is 19.6. The standard InChI is InChI=1S/C9H7BrO3/c10-9-5-12-8-3-6(4-11)1-2-7(8)13-9/h1-4,9H,5H2. The number of alkyl halides is 1. The highest BCUT2D eigenvalue weighted by molar-refractivity contribution is 9.09. The van der Waals surface area contributed by atoms with Crippen molar-refractivity contribution in [3.8, 4) is 11.5 Å². The maximum Gasteiger partial charge on any atom is 0.187 e. The fourth-order valence-electron chi connectivity index (χ4n) is 1.14. The van der Waals surface area contributed by atoms with Gasteiger partial charge in [0.05, 0.1) is 0 Å². The Morgan fingerprint density at radius 2 is 2.31 bits per heavy atom. The number of carbonyl (C=O) groups excluding carboxylic acids is 1. The zero-order chi connectivity index (χ0) is 9.26. The number of aldehydes is 1. The van der Waals surface area contributed by atoms with Crippen LogP contribution in [0.2, 0.25) is 0 Å². The average molecular weight is 243 g/mol. The number of fused-ring (bicyclic) bond motifs is 1. The third-order valence-corrected chi connectivity index (χ3v) is 2.18. The predicted molar refractivity (Wildman–Crippen MR) is 50.7 cm³/mol. The maximum atomic E-state index is 10.5. The highest BCUT2D eigenvalue weighted by atomic mass is 79.9. The van der Waals surface area contributed by atoms with E-state index in [4.69, 9.17) is 9.47 Å². The van der Waals surface area contributed by atoms with Gasteiger partial charge in [0.25, 0.3) is 0 Å². The van der Waals surface area contributed by atoms with Gasteiger partial charge in [0.2, 0.25) is 0 Å². The summed E-state index contributed by atoms with van der Waals surface area (Å²) in [4.78, 5) is 10.5. The van der Waals surface area contributed by atoms with E-state index in [-0.39, 0.29) is 5.01 Å². The second-order valence-electron chi connectivity index (χ2n) is 2.66. The number of ether oxygens (including phenoxy) is 2. The Labute approximate surface area is 83.8 Å². The Morgan fingerprint density at radius 1 is 1.46 bits per heavy atom. The highest BCUT2D eigenvalue weighted by Gasteiger charge is 2.18. The lowest BCUT2D eigenvalue weighted by atomic mass is 10.2. The zero-order valence-electron chi connectivity index (χ0n) is 6.70. The van der Waals surface area contributed by atoms with E-state index in [1.54, 1.807) is 18.2 Å². The van der Waals surface area contributed by atoms with Gasteiger partial charge in [0.15, 0.2) is 16.5 Å². The molecule has 0 saturated carbocycles. The van der Waals surface area contributed by atoms with Crippen molar-refractivity contribution in [3.63, 3.8) is 0 Å². The molecule has 1 atom stereocenters. The SMILES string of the molecule is O=Cc1ccc2c(c1)OCC(Br)O2. The summed E-state index contributed by atoms with van der Waals surface area (Å²) in [7, 11) is 0. The van der Waals surface area contributed by atoms with Crippen molar-refractivity contribution in [1.82, 2.24) is 0 Å². The van der Waals surface area contributed by atoms with Gasteiger partial charge in [-0.1, -0.05) is 0 Å². The molecule has 0 saturated heterocycles. The quantitative estimate of drug-likeness (QED) is 0.559. The van der Waals surface area contributed by atoms with E-state index >= 15 is 0 Å². The molecule has 4 heteroatoms. The summed E-state index contributed by atoms with van der Waals surface area (Å²) in [6, 6.07) is 5.09. The third-order valence-electron chi connectivity index (χ3n) is 1.73. The van der Waals surface area contributed by atoms with Crippen LogP contribution < -0.4 is 9.47 Å². The molecule has 0 fully saturated rings. The second-order valence-corrected chi connectivity index (χ2v) is 3.68. The molecule has 0 amide bonds. The molecule has 3 nitrogen and oxygen atoms in total. The summed E-state index contributed by atoms with van der Waals surface area (Å²) >= 11 is 3.28. The van der Waals surface area contributed by atoms with Crippen LogP contribution in [0.15, 0.2) is 18.2 Å². The van der Waals surface area contributed by atoms with Crippen molar-refractivity contribution < 1.29 is 14.3 Å². The first-order valence-corrected chi connectivity index (χ1v) is 4.74. The molecule has 0 aromatic heterocycles. The molecule has 1 aromatic carbocycles. The van der Waals surface area contributed by atoms with Gasteiger partial charge in [-0.3, -0.25) is 4.79 Å². The maximum absolute atomic E-state index is 10.5. The number of carbonyl (C=O) groups is 1. The van der Waals surface area contributed by atoms with Gasteiger partial charge >= 0.3 is 0 Å². The molecule has 0 radical (unpaired) electrons. The highest BCUT2D eigenvalue weighted by Crippen LogP contribution is 2.33. The van der Waals surface area contributed by atoms with E-state index in [0.717, 1.165) is 6.29 Å². The molecule has 68 valence electrons. The van der Waals surface area contributed by atoms with Gasteiger partial charge in [-0.2, -0.15) is 0 Å². The Kier molecular flexibility index (Phi) is 2.22. The minimum absolute atomic E-state index is 0.109. The zero-order valence-corrected chi connectivity index (χ0v) is 8.28. The van der Waals surface area contributed by atoms with E-state index in [1.165, 1.54) is 0 Å². The van der Waals surface area contributed by atoms with Crippen LogP contribution in [0, 0.1) is 0 Å².